The van der Waals surface area contributed by atoms with Gasteiger partial charge in [0.25, 0.3) is 0 Å². The van der Waals surface area contributed by atoms with Crippen molar-refractivity contribution in [2.75, 3.05) is 39.0 Å². The molecule has 156 valence electrons. The molecule has 0 amide bonds. The van der Waals surface area contributed by atoms with Crippen LogP contribution in [0, 0.1) is 5.82 Å². The van der Waals surface area contributed by atoms with Crippen LogP contribution in [-0.4, -0.2) is 58.5 Å². The van der Waals surface area contributed by atoms with Crippen LogP contribution in [0.2, 0.25) is 0 Å². The van der Waals surface area contributed by atoms with Crippen LogP contribution >= 0.6 is 0 Å². The first-order chi connectivity index (χ1) is 14.6. The molecular weight excluding hydrogens is 379 g/mol. The zero-order valence-electron chi connectivity index (χ0n) is 17.5. The molecule has 0 saturated heterocycles. The second-order valence-corrected chi connectivity index (χ2v) is 7.88. The molecule has 1 aliphatic rings. The highest BCUT2D eigenvalue weighted by atomic mass is 19.1. The van der Waals surface area contributed by atoms with E-state index in [-0.39, 0.29) is 5.82 Å². The molecule has 0 atom stereocenters. The maximum Gasteiger partial charge on any atom is 0.163 e. The van der Waals surface area contributed by atoms with Crippen LogP contribution < -0.4 is 5.32 Å². The van der Waals surface area contributed by atoms with E-state index in [9.17, 15) is 4.39 Å². The van der Waals surface area contributed by atoms with Crippen LogP contribution in [0.5, 0.6) is 0 Å². The molecule has 0 spiro atoms. The van der Waals surface area contributed by atoms with Crippen molar-refractivity contribution in [3.8, 4) is 11.4 Å². The molecule has 30 heavy (non-hydrogen) atoms. The van der Waals surface area contributed by atoms with Gasteiger partial charge in [0, 0.05) is 62.7 Å². The zero-order chi connectivity index (χ0) is 20.9. The molecule has 2 aromatic heterocycles. The van der Waals surface area contributed by atoms with E-state index < -0.39 is 0 Å². The Morgan fingerprint density at radius 3 is 2.70 bits per heavy atom. The number of rotatable bonds is 7. The maximum absolute atomic E-state index is 13.2. The number of nitrogens with zero attached hydrogens (tertiary/aromatic N) is 5. The van der Waals surface area contributed by atoms with Crippen molar-refractivity contribution in [1.29, 1.82) is 0 Å². The summed E-state index contributed by atoms with van der Waals surface area (Å²) in [6.45, 7) is 4.18. The summed E-state index contributed by atoms with van der Waals surface area (Å²) < 4.78 is 13.2. The fourth-order valence-corrected chi connectivity index (χ4v) is 3.62. The summed E-state index contributed by atoms with van der Waals surface area (Å²) in [5.41, 5.74) is 4.26. The number of hydrogen-bond acceptors (Lipinski definition) is 6. The highest BCUT2D eigenvalue weighted by Gasteiger charge is 2.23. The van der Waals surface area contributed by atoms with Crippen molar-refractivity contribution < 1.29 is 4.39 Å². The molecule has 6 nitrogen and oxygen atoms in total. The summed E-state index contributed by atoms with van der Waals surface area (Å²) >= 11 is 0. The molecule has 1 aromatic carbocycles. The van der Waals surface area contributed by atoms with Crippen LogP contribution in [0.4, 0.5) is 10.2 Å². The predicted molar refractivity (Wildman–Crippen MR) is 117 cm³/mol. The predicted octanol–water partition coefficient (Wildman–Crippen LogP) is 3.21. The third kappa shape index (κ3) is 4.98. The van der Waals surface area contributed by atoms with Crippen molar-refractivity contribution in [3.63, 3.8) is 0 Å². The Hall–Kier alpha value is -2.90. The molecule has 0 aliphatic carbocycles. The van der Waals surface area contributed by atoms with Crippen LogP contribution in [0.15, 0.2) is 48.8 Å². The van der Waals surface area contributed by atoms with E-state index in [0.717, 1.165) is 67.3 Å². The molecule has 3 aromatic rings. The minimum absolute atomic E-state index is 0.202. The summed E-state index contributed by atoms with van der Waals surface area (Å²) in [4.78, 5) is 18.4. The maximum atomic E-state index is 13.2. The lowest BCUT2D eigenvalue weighted by atomic mass is 10.0. The van der Waals surface area contributed by atoms with Gasteiger partial charge in [0.15, 0.2) is 5.82 Å². The van der Waals surface area contributed by atoms with Gasteiger partial charge in [-0.1, -0.05) is 12.1 Å². The lowest BCUT2D eigenvalue weighted by molar-refractivity contribution is 0.243. The number of aromatic nitrogens is 3. The van der Waals surface area contributed by atoms with Gasteiger partial charge < -0.3 is 10.2 Å². The largest absolute Gasteiger partial charge is 0.368 e. The van der Waals surface area contributed by atoms with Gasteiger partial charge in [-0.25, -0.2) is 14.4 Å². The van der Waals surface area contributed by atoms with E-state index in [2.05, 4.69) is 34.2 Å². The second kappa shape index (κ2) is 9.28. The Bertz CT molecular complexity index is 975. The molecule has 4 rings (SSSR count). The smallest absolute Gasteiger partial charge is 0.163 e. The van der Waals surface area contributed by atoms with Crippen molar-refractivity contribution in [2.45, 2.75) is 19.5 Å². The number of likely N-dealkylation sites (N-methyl/N-ethyl adjacent to an activating group) is 1. The van der Waals surface area contributed by atoms with E-state index in [1.165, 1.54) is 12.1 Å². The summed E-state index contributed by atoms with van der Waals surface area (Å²) in [5.74, 6) is 1.40. The Morgan fingerprint density at radius 1 is 1.13 bits per heavy atom. The molecule has 7 heteroatoms. The number of hydrogen-bond donors (Lipinski definition) is 1. The van der Waals surface area contributed by atoms with E-state index >= 15 is 0 Å². The number of pyridine rings is 1. The number of halogens is 1. The van der Waals surface area contributed by atoms with E-state index in [1.54, 1.807) is 12.4 Å². The summed E-state index contributed by atoms with van der Waals surface area (Å²) in [6, 6.07) is 10.6. The van der Waals surface area contributed by atoms with Crippen LogP contribution in [-0.2, 0) is 19.5 Å². The molecule has 0 unspecified atom stereocenters. The first-order valence-electron chi connectivity index (χ1n) is 10.2. The van der Waals surface area contributed by atoms with Crippen LogP contribution in [0.25, 0.3) is 11.4 Å². The summed E-state index contributed by atoms with van der Waals surface area (Å²) in [5, 5.41) is 3.52. The van der Waals surface area contributed by atoms with Gasteiger partial charge in [0.1, 0.15) is 11.6 Å². The van der Waals surface area contributed by atoms with E-state index in [1.807, 2.05) is 24.3 Å². The Kier molecular flexibility index (Phi) is 6.30. The fourth-order valence-electron chi connectivity index (χ4n) is 3.62. The Labute approximate surface area is 176 Å². The number of fused-ring (bicyclic) bond motifs is 1. The lowest BCUT2D eigenvalue weighted by Crippen LogP contribution is -2.32. The molecule has 0 fully saturated rings. The zero-order valence-corrected chi connectivity index (χ0v) is 17.5. The normalized spacial score (nSPS) is 14.0. The van der Waals surface area contributed by atoms with Crippen molar-refractivity contribution >= 4 is 5.82 Å². The molecular formula is C23H27FN6. The van der Waals surface area contributed by atoms with Crippen molar-refractivity contribution in [2.24, 2.45) is 0 Å². The van der Waals surface area contributed by atoms with Gasteiger partial charge in [0.05, 0.1) is 5.69 Å². The van der Waals surface area contributed by atoms with Gasteiger partial charge >= 0.3 is 0 Å². The van der Waals surface area contributed by atoms with Gasteiger partial charge in [-0.05, 0) is 43.9 Å². The quantitative estimate of drug-likeness (QED) is 0.650. The topological polar surface area (TPSA) is 57.2 Å². The number of nitrogens with one attached hydrogen (secondary N) is 1. The average Bonchev–Trinajstić information content (AvgIpc) is 2.76. The van der Waals surface area contributed by atoms with Gasteiger partial charge in [-0.2, -0.15) is 0 Å². The fraction of sp³-hybridized carbons (Fsp3) is 0.348. The van der Waals surface area contributed by atoms with Crippen LogP contribution in [0.3, 0.4) is 0 Å². The molecule has 0 radical (unpaired) electrons. The second-order valence-electron chi connectivity index (χ2n) is 7.88. The molecule has 0 saturated carbocycles. The lowest BCUT2D eigenvalue weighted by Gasteiger charge is -2.30. The molecule has 1 N–H and O–H groups in total. The third-order valence-electron chi connectivity index (χ3n) is 5.23. The minimum Gasteiger partial charge on any atom is -0.368 e. The highest BCUT2D eigenvalue weighted by Crippen LogP contribution is 2.28. The van der Waals surface area contributed by atoms with Crippen molar-refractivity contribution in [1.82, 2.24) is 24.8 Å². The Balaban J connectivity index is 1.59. The van der Waals surface area contributed by atoms with Gasteiger partial charge in [0.2, 0.25) is 0 Å². The number of benzene rings is 1. The van der Waals surface area contributed by atoms with Gasteiger partial charge in [-0.15, -0.1) is 0 Å². The highest BCUT2D eigenvalue weighted by molar-refractivity contribution is 5.59. The van der Waals surface area contributed by atoms with Crippen molar-refractivity contribution in [3.05, 3.63) is 71.4 Å². The monoisotopic (exact) mass is 406 g/mol. The van der Waals surface area contributed by atoms with E-state index in [0.29, 0.717) is 5.82 Å². The first kappa shape index (κ1) is 20.4. The van der Waals surface area contributed by atoms with Crippen LogP contribution in [0.1, 0.15) is 16.8 Å². The number of anilines is 1. The Morgan fingerprint density at radius 2 is 1.97 bits per heavy atom. The standard InChI is InChI=1S/C23H27FN6/c1-29(2)13-11-26-23-20-16-30(15-17-5-7-19(24)8-6-17)12-9-21(20)27-22(28-23)18-4-3-10-25-14-18/h3-8,10,14H,9,11-13,15-16H2,1-2H3,(H,26,27,28). The minimum atomic E-state index is -0.202. The summed E-state index contributed by atoms with van der Waals surface area (Å²) in [6.07, 6.45) is 4.41. The van der Waals surface area contributed by atoms with Gasteiger partial charge in [-0.3, -0.25) is 9.88 Å². The third-order valence-corrected chi connectivity index (χ3v) is 5.23. The molecule has 3 heterocycles. The SMILES string of the molecule is CN(C)CCNc1nc(-c2cccnc2)nc2c1CN(Cc1ccc(F)cc1)CC2. The average molecular weight is 407 g/mol. The summed E-state index contributed by atoms with van der Waals surface area (Å²) in [7, 11) is 4.12. The van der Waals surface area contributed by atoms with E-state index in [4.69, 9.17) is 9.97 Å². The first-order valence-corrected chi connectivity index (χ1v) is 10.2. The molecule has 1 aliphatic heterocycles. The molecule has 0 bridgehead atoms.